The summed E-state index contributed by atoms with van der Waals surface area (Å²) in [5.41, 5.74) is 1.66. The number of hydrogen-bond acceptors (Lipinski definition) is 3. The Morgan fingerprint density at radius 3 is 2.55 bits per heavy atom. The fraction of sp³-hybridized carbons (Fsp3) is 0.538. The van der Waals surface area contributed by atoms with Gasteiger partial charge < -0.3 is 4.74 Å². The van der Waals surface area contributed by atoms with E-state index in [1.807, 2.05) is 6.92 Å². The van der Waals surface area contributed by atoms with Crippen LogP contribution in [0.2, 0.25) is 0 Å². The Balaban J connectivity index is 2.25. The normalized spacial score (nSPS) is 24.9. The standard InChI is InChI=1S/C13H16F4N2O/c1-7-4-9(6-20-7)12(19-18)8-2-3-10(11(14)5-8)13(15,16)17/h2-3,5,7,9,12,19H,4,6,18H2,1H3. The van der Waals surface area contributed by atoms with Crippen molar-refractivity contribution in [3.63, 3.8) is 0 Å². The van der Waals surface area contributed by atoms with Gasteiger partial charge in [-0.2, -0.15) is 13.2 Å². The number of nitrogens with one attached hydrogen (secondary N) is 1. The molecule has 1 aliphatic heterocycles. The number of benzene rings is 1. The average molecular weight is 292 g/mol. The first kappa shape index (κ1) is 15.2. The van der Waals surface area contributed by atoms with Crippen molar-refractivity contribution in [2.75, 3.05) is 6.61 Å². The summed E-state index contributed by atoms with van der Waals surface area (Å²) in [5, 5.41) is 0. The number of ether oxygens (including phenoxy) is 1. The molecule has 0 aromatic heterocycles. The van der Waals surface area contributed by atoms with E-state index in [0.29, 0.717) is 12.2 Å². The molecule has 0 radical (unpaired) electrons. The van der Waals surface area contributed by atoms with E-state index in [-0.39, 0.29) is 12.0 Å². The van der Waals surface area contributed by atoms with Gasteiger partial charge in [0.25, 0.3) is 0 Å². The topological polar surface area (TPSA) is 47.3 Å². The van der Waals surface area contributed by atoms with Crippen LogP contribution in [0.4, 0.5) is 17.6 Å². The first-order valence-electron chi connectivity index (χ1n) is 6.27. The van der Waals surface area contributed by atoms with Gasteiger partial charge in [-0.15, -0.1) is 0 Å². The zero-order valence-corrected chi connectivity index (χ0v) is 10.9. The Labute approximate surface area is 114 Å². The zero-order chi connectivity index (χ0) is 14.9. The Bertz CT molecular complexity index is 478. The molecule has 1 aromatic rings. The SMILES string of the molecule is CC1CC(C(NN)c2ccc(C(F)(F)F)c(F)c2)CO1. The lowest BCUT2D eigenvalue weighted by atomic mass is 9.91. The van der Waals surface area contributed by atoms with E-state index in [4.69, 9.17) is 10.6 Å². The number of alkyl halides is 3. The van der Waals surface area contributed by atoms with Gasteiger partial charge in [0.05, 0.1) is 24.3 Å². The quantitative estimate of drug-likeness (QED) is 0.511. The molecule has 0 spiro atoms. The number of hydrazine groups is 1. The highest BCUT2D eigenvalue weighted by atomic mass is 19.4. The Hall–Kier alpha value is -1.18. The maximum absolute atomic E-state index is 13.6. The van der Waals surface area contributed by atoms with Crippen LogP contribution in [-0.4, -0.2) is 12.7 Å². The van der Waals surface area contributed by atoms with Crippen molar-refractivity contribution in [3.8, 4) is 0 Å². The van der Waals surface area contributed by atoms with Crippen molar-refractivity contribution < 1.29 is 22.3 Å². The smallest absolute Gasteiger partial charge is 0.378 e. The van der Waals surface area contributed by atoms with Crippen molar-refractivity contribution in [1.29, 1.82) is 0 Å². The van der Waals surface area contributed by atoms with Gasteiger partial charge in [-0.05, 0) is 31.0 Å². The molecule has 1 heterocycles. The Morgan fingerprint density at radius 2 is 2.10 bits per heavy atom. The van der Waals surface area contributed by atoms with Gasteiger partial charge in [-0.25, -0.2) is 4.39 Å². The van der Waals surface area contributed by atoms with Gasteiger partial charge in [-0.3, -0.25) is 11.3 Å². The van der Waals surface area contributed by atoms with Crippen LogP contribution in [0.1, 0.15) is 30.5 Å². The highest BCUT2D eigenvalue weighted by Crippen LogP contribution is 2.35. The highest BCUT2D eigenvalue weighted by Gasteiger charge is 2.35. The van der Waals surface area contributed by atoms with Crippen LogP contribution in [0.5, 0.6) is 0 Å². The summed E-state index contributed by atoms with van der Waals surface area (Å²) in [6.45, 7) is 2.35. The van der Waals surface area contributed by atoms with E-state index < -0.39 is 23.6 Å². The lowest BCUT2D eigenvalue weighted by molar-refractivity contribution is -0.140. The number of hydrogen-bond donors (Lipinski definition) is 2. The third-order valence-corrected chi connectivity index (χ3v) is 3.54. The molecule has 2 rings (SSSR count). The Kier molecular flexibility index (Phi) is 4.31. The van der Waals surface area contributed by atoms with Gasteiger partial charge in [-0.1, -0.05) is 6.07 Å². The third kappa shape index (κ3) is 3.11. The zero-order valence-electron chi connectivity index (χ0n) is 10.9. The molecule has 0 bridgehead atoms. The molecular formula is C13H16F4N2O. The van der Waals surface area contributed by atoms with Gasteiger partial charge in [0.2, 0.25) is 0 Å². The van der Waals surface area contributed by atoms with Crippen LogP contribution in [0.15, 0.2) is 18.2 Å². The summed E-state index contributed by atoms with van der Waals surface area (Å²) in [5.74, 6) is 4.17. The van der Waals surface area contributed by atoms with Crippen molar-refractivity contribution in [1.82, 2.24) is 5.43 Å². The molecule has 20 heavy (non-hydrogen) atoms. The van der Waals surface area contributed by atoms with E-state index in [1.165, 1.54) is 6.07 Å². The average Bonchev–Trinajstić information content (AvgIpc) is 2.75. The molecule has 1 saturated heterocycles. The largest absolute Gasteiger partial charge is 0.419 e. The maximum atomic E-state index is 13.6. The van der Waals surface area contributed by atoms with Crippen LogP contribution in [0.3, 0.4) is 0 Å². The minimum Gasteiger partial charge on any atom is -0.378 e. The van der Waals surface area contributed by atoms with E-state index in [2.05, 4.69) is 5.43 Å². The molecule has 3 unspecified atom stereocenters. The van der Waals surface area contributed by atoms with Gasteiger partial charge >= 0.3 is 6.18 Å². The lowest BCUT2D eigenvalue weighted by Gasteiger charge is -2.22. The van der Waals surface area contributed by atoms with Crippen LogP contribution in [0, 0.1) is 11.7 Å². The van der Waals surface area contributed by atoms with Gasteiger partial charge in [0, 0.05) is 5.92 Å². The van der Waals surface area contributed by atoms with Crippen molar-refractivity contribution in [3.05, 3.63) is 35.1 Å². The van der Waals surface area contributed by atoms with Gasteiger partial charge in [0.1, 0.15) is 5.82 Å². The molecule has 0 amide bonds. The number of halogens is 4. The molecule has 7 heteroatoms. The van der Waals surface area contributed by atoms with E-state index >= 15 is 0 Å². The highest BCUT2D eigenvalue weighted by molar-refractivity contribution is 5.29. The minimum absolute atomic E-state index is 0.00568. The summed E-state index contributed by atoms with van der Waals surface area (Å²) >= 11 is 0. The van der Waals surface area contributed by atoms with Crippen LogP contribution >= 0.6 is 0 Å². The molecule has 1 fully saturated rings. The summed E-state index contributed by atoms with van der Waals surface area (Å²) in [4.78, 5) is 0. The molecule has 1 aliphatic rings. The molecule has 3 nitrogen and oxygen atoms in total. The predicted octanol–water partition coefficient (Wildman–Crippen LogP) is 2.77. The van der Waals surface area contributed by atoms with Gasteiger partial charge in [0.15, 0.2) is 0 Å². The number of rotatable bonds is 3. The first-order chi connectivity index (χ1) is 9.32. The van der Waals surface area contributed by atoms with Crippen molar-refractivity contribution >= 4 is 0 Å². The first-order valence-corrected chi connectivity index (χ1v) is 6.27. The fourth-order valence-electron chi connectivity index (χ4n) is 2.54. The summed E-state index contributed by atoms with van der Waals surface area (Å²) < 4.78 is 56.5. The minimum atomic E-state index is -4.70. The lowest BCUT2D eigenvalue weighted by Crippen LogP contribution is -2.34. The molecule has 0 saturated carbocycles. The second-order valence-electron chi connectivity index (χ2n) is 5.02. The maximum Gasteiger partial charge on any atom is 0.419 e. The van der Waals surface area contributed by atoms with E-state index in [0.717, 1.165) is 18.6 Å². The van der Waals surface area contributed by atoms with Crippen LogP contribution in [-0.2, 0) is 10.9 Å². The van der Waals surface area contributed by atoms with Crippen LogP contribution < -0.4 is 11.3 Å². The second-order valence-corrected chi connectivity index (χ2v) is 5.02. The molecule has 3 N–H and O–H groups in total. The predicted molar refractivity (Wildman–Crippen MR) is 65.0 cm³/mol. The summed E-state index contributed by atoms with van der Waals surface area (Å²) in [6.07, 6.45) is -3.91. The summed E-state index contributed by atoms with van der Waals surface area (Å²) in [7, 11) is 0. The second kappa shape index (κ2) is 5.67. The molecule has 3 atom stereocenters. The Morgan fingerprint density at radius 1 is 1.40 bits per heavy atom. The molecular weight excluding hydrogens is 276 g/mol. The summed E-state index contributed by atoms with van der Waals surface area (Å²) in [6, 6.07) is 2.45. The molecule has 0 aliphatic carbocycles. The van der Waals surface area contributed by atoms with E-state index in [9.17, 15) is 17.6 Å². The van der Waals surface area contributed by atoms with Crippen LogP contribution in [0.25, 0.3) is 0 Å². The van der Waals surface area contributed by atoms with E-state index in [1.54, 1.807) is 0 Å². The number of nitrogens with two attached hydrogens (primary N) is 1. The fourth-order valence-corrected chi connectivity index (χ4v) is 2.54. The monoisotopic (exact) mass is 292 g/mol. The molecule has 1 aromatic carbocycles. The van der Waals surface area contributed by atoms with Crippen molar-refractivity contribution in [2.24, 2.45) is 11.8 Å². The van der Waals surface area contributed by atoms with Crippen molar-refractivity contribution in [2.45, 2.75) is 31.7 Å². The third-order valence-electron chi connectivity index (χ3n) is 3.54. The molecule has 112 valence electrons.